The molecule has 0 radical (unpaired) electrons. The third kappa shape index (κ3) is 4.42. The summed E-state index contributed by atoms with van der Waals surface area (Å²) in [4.78, 5) is 21.6. The first kappa shape index (κ1) is 21.0. The number of carbonyl (C=O) groups excluding carboxylic acids is 1. The van der Waals surface area contributed by atoms with Crippen molar-refractivity contribution in [1.82, 2.24) is 19.7 Å². The minimum Gasteiger partial charge on any atom is -0.362 e. The summed E-state index contributed by atoms with van der Waals surface area (Å²) in [6, 6.07) is 14.7. The fourth-order valence-corrected chi connectivity index (χ4v) is 3.40. The summed E-state index contributed by atoms with van der Waals surface area (Å²) in [5.41, 5.74) is 4.87. The smallest absolute Gasteiger partial charge is 0.255 e. The molecular weight excluding hydrogens is 402 g/mol. The molecule has 160 valence electrons. The molecule has 0 aliphatic heterocycles. The van der Waals surface area contributed by atoms with Crippen molar-refractivity contribution >= 4 is 28.6 Å². The Bertz CT molecular complexity index is 1340. The third-order valence-electron chi connectivity index (χ3n) is 5.22. The topological polar surface area (TPSA) is 109 Å². The molecule has 0 saturated heterocycles. The molecule has 1 atom stereocenters. The molecule has 4 rings (SSSR count). The van der Waals surface area contributed by atoms with E-state index in [0.29, 0.717) is 28.3 Å². The van der Waals surface area contributed by atoms with Crippen LogP contribution in [0.25, 0.3) is 11.2 Å². The number of hydrogen-bond acceptors (Lipinski definition) is 6. The van der Waals surface area contributed by atoms with Crippen molar-refractivity contribution in [3.05, 3.63) is 77.1 Å². The number of aromatic nitrogens is 4. The number of anilines is 2. The average Bonchev–Trinajstić information content (AvgIpc) is 3.21. The number of benzene rings is 2. The van der Waals surface area contributed by atoms with Gasteiger partial charge >= 0.3 is 0 Å². The summed E-state index contributed by atoms with van der Waals surface area (Å²) in [5, 5.41) is 19.7. The average molecular weight is 425 g/mol. The van der Waals surface area contributed by atoms with Gasteiger partial charge in [0.1, 0.15) is 11.3 Å². The van der Waals surface area contributed by atoms with E-state index in [-0.39, 0.29) is 11.9 Å². The lowest BCUT2D eigenvalue weighted by molar-refractivity contribution is 0.102. The van der Waals surface area contributed by atoms with Crippen molar-refractivity contribution in [2.24, 2.45) is 0 Å². The monoisotopic (exact) mass is 425 g/mol. The van der Waals surface area contributed by atoms with Gasteiger partial charge in [-0.2, -0.15) is 10.4 Å². The Hall–Kier alpha value is -4.25. The van der Waals surface area contributed by atoms with E-state index in [2.05, 4.69) is 31.8 Å². The number of nitrogens with zero attached hydrogens (tertiary/aromatic N) is 5. The van der Waals surface area contributed by atoms with E-state index in [4.69, 9.17) is 5.26 Å². The van der Waals surface area contributed by atoms with Crippen LogP contribution in [-0.2, 0) is 6.54 Å². The minimum atomic E-state index is -0.224. The summed E-state index contributed by atoms with van der Waals surface area (Å²) in [6.45, 7) is 6.61. The highest BCUT2D eigenvalue weighted by Crippen LogP contribution is 2.22. The number of amides is 1. The highest BCUT2D eigenvalue weighted by atomic mass is 16.1. The summed E-state index contributed by atoms with van der Waals surface area (Å²) >= 11 is 0. The SMILES string of the molecule is CCn1cc2ncc(N[C@@H](C)c3cccc(NC(=O)c4ccc(C#N)c(C)c4)c3)nc2n1. The van der Waals surface area contributed by atoms with Gasteiger partial charge < -0.3 is 10.6 Å². The van der Waals surface area contributed by atoms with Gasteiger partial charge in [-0.1, -0.05) is 12.1 Å². The van der Waals surface area contributed by atoms with Crippen LogP contribution in [0, 0.1) is 18.3 Å². The standard InChI is InChI=1S/C24H23N7O/c1-4-31-14-21-23(30-31)29-22(13-26-21)27-16(3)17-6-5-7-20(11-17)28-24(32)18-8-9-19(12-25)15(2)10-18/h5-11,13-14,16H,4H2,1-3H3,(H,28,32)(H,27,29,30)/t16-/m0/s1. The molecule has 2 aromatic heterocycles. The molecule has 8 nitrogen and oxygen atoms in total. The van der Waals surface area contributed by atoms with E-state index < -0.39 is 0 Å². The zero-order valence-electron chi connectivity index (χ0n) is 18.1. The molecule has 2 aromatic carbocycles. The van der Waals surface area contributed by atoms with Gasteiger partial charge in [-0.3, -0.25) is 9.48 Å². The van der Waals surface area contributed by atoms with Gasteiger partial charge in [-0.05, 0) is 62.2 Å². The van der Waals surface area contributed by atoms with Gasteiger partial charge in [0.2, 0.25) is 5.65 Å². The van der Waals surface area contributed by atoms with Crippen LogP contribution in [0.15, 0.2) is 54.9 Å². The van der Waals surface area contributed by atoms with E-state index in [1.807, 2.05) is 51.2 Å². The van der Waals surface area contributed by atoms with Crippen molar-refractivity contribution in [3.8, 4) is 6.07 Å². The van der Waals surface area contributed by atoms with Crippen molar-refractivity contribution in [1.29, 1.82) is 5.26 Å². The van der Waals surface area contributed by atoms with Crippen LogP contribution in [-0.4, -0.2) is 25.7 Å². The molecule has 0 spiro atoms. The highest BCUT2D eigenvalue weighted by Gasteiger charge is 2.12. The Kier molecular flexibility index (Phi) is 5.81. The molecule has 1 amide bonds. The lowest BCUT2D eigenvalue weighted by Crippen LogP contribution is -2.13. The van der Waals surface area contributed by atoms with E-state index in [0.717, 1.165) is 23.2 Å². The van der Waals surface area contributed by atoms with Crippen LogP contribution in [0.5, 0.6) is 0 Å². The van der Waals surface area contributed by atoms with Crippen molar-refractivity contribution in [3.63, 3.8) is 0 Å². The van der Waals surface area contributed by atoms with Crippen molar-refractivity contribution in [2.75, 3.05) is 10.6 Å². The summed E-state index contributed by atoms with van der Waals surface area (Å²) in [6.07, 6.45) is 3.57. The maximum atomic E-state index is 12.7. The van der Waals surface area contributed by atoms with E-state index in [9.17, 15) is 4.79 Å². The third-order valence-corrected chi connectivity index (χ3v) is 5.22. The van der Waals surface area contributed by atoms with Crippen molar-refractivity contribution < 1.29 is 4.79 Å². The number of rotatable bonds is 6. The predicted octanol–water partition coefficient (Wildman–Crippen LogP) is 4.45. The van der Waals surface area contributed by atoms with Gasteiger partial charge in [0.05, 0.1) is 30.1 Å². The van der Waals surface area contributed by atoms with Gasteiger partial charge in [0.25, 0.3) is 5.91 Å². The molecule has 32 heavy (non-hydrogen) atoms. The summed E-state index contributed by atoms with van der Waals surface area (Å²) in [7, 11) is 0. The summed E-state index contributed by atoms with van der Waals surface area (Å²) < 4.78 is 1.80. The predicted molar refractivity (Wildman–Crippen MR) is 123 cm³/mol. The normalized spacial score (nSPS) is 11.7. The van der Waals surface area contributed by atoms with E-state index >= 15 is 0 Å². The molecule has 0 saturated carbocycles. The molecule has 0 fully saturated rings. The number of nitriles is 1. The van der Waals surface area contributed by atoms with Crippen LogP contribution in [0.3, 0.4) is 0 Å². The molecule has 2 heterocycles. The van der Waals surface area contributed by atoms with Gasteiger partial charge in [0, 0.05) is 17.8 Å². The number of hydrogen-bond donors (Lipinski definition) is 2. The van der Waals surface area contributed by atoms with Crippen molar-refractivity contribution in [2.45, 2.75) is 33.4 Å². The number of aryl methyl sites for hydroxylation is 2. The molecule has 8 heteroatoms. The lowest BCUT2D eigenvalue weighted by Gasteiger charge is -2.16. The quantitative estimate of drug-likeness (QED) is 0.472. The van der Waals surface area contributed by atoms with E-state index in [1.54, 1.807) is 29.1 Å². The fourth-order valence-electron chi connectivity index (χ4n) is 3.40. The number of carbonyl (C=O) groups is 1. The molecule has 0 bridgehead atoms. The second-order valence-electron chi connectivity index (χ2n) is 7.54. The van der Waals surface area contributed by atoms with E-state index in [1.165, 1.54) is 0 Å². The fraction of sp³-hybridized carbons (Fsp3) is 0.208. The lowest BCUT2D eigenvalue weighted by atomic mass is 10.0. The molecule has 0 aliphatic rings. The molecule has 0 unspecified atom stereocenters. The Morgan fingerprint density at radius 2 is 2.09 bits per heavy atom. The molecule has 2 N–H and O–H groups in total. The Morgan fingerprint density at radius 1 is 1.25 bits per heavy atom. The largest absolute Gasteiger partial charge is 0.362 e. The first-order valence-corrected chi connectivity index (χ1v) is 10.4. The zero-order chi connectivity index (χ0) is 22.7. The second-order valence-corrected chi connectivity index (χ2v) is 7.54. The molecule has 0 aliphatic carbocycles. The molecular formula is C24H23N7O. The maximum absolute atomic E-state index is 12.7. The van der Waals surface area contributed by atoms with Crippen LogP contribution in [0.1, 0.15) is 46.9 Å². The number of nitrogens with one attached hydrogen (secondary N) is 2. The summed E-state index contributed by atoms with van der Waals surface area (Å²) in [5.74, 6) is 0.409. The Morgan fingerprint density at radius 3 is 2.84 bits per heavy atom. The van der Waals surface area contributed by atoms with Gasteiger partial charge in [-0.15, -0.1) is 0 Å². The van der Waals surface area contributed by atoms with Gasteiger partial charge in [-0.25, -0.2) is 9.97 Å². The number of fused-ring (bicyclic) bond motifs is 1. The van der Waals surface area contributed by atoms with Gasteiger partial charge in [0.15, 0.2) is 0 Å². The van der Waals surface area contributed by atoms with Crippen LogP contribution >= 0.6 is 0 Å². The highest BCUT2D eigenvalue weighted by molar-refractivity contribution is 6.04. The Balaban J connectivity index is 1.48. The first-order valence-electron chi connectivity index (χ1n) is 10.4. The van der Waals surface area contributed by atoms with Crippen LogP contribution in [0.2, 0.25) is 0 Å². The Labute approximate surface area is 185 Å². The minimum absolute atomic E-state index is 0.0657. The maximum Gasteiger partial charge on any atom is 0.255 e. The molecule has 4 aromatic rings. The second kappa shape index (κ2) is 8.86. The van der Waals surface area contributed by atoms with Crippen LogP contribution in [0.4, 0.5) is 11.5 Å². The van der Waals surface area contributed by atoms with Crippen LogP contribution < -0.4 is 10.6 Å². The first-order chi connectivity index (χ1) is 15.5. The zero-order valence-corrected chi connectivity index (χ0v) is 18.1.